The van der Waals surface area contributed by atoms with Crippen LogP contribution >= 0.6 is 0 Å². The molecule has 2 rings (SSSR count). The summed E-state index contributed by atoms with van der Waals surface area (Å²) < 4.78 is 30.5. The third-order valence-corrected chi connectivity index (χ3v) is 2.98. The zero-order valence-corrected chi connectivity index (χ0v) is 11.4. The SMILES string of the molecule is CCOC(=O)O[C@H]1CO[C@H]2[C@@H]1OC[C@H]2OC(=O)OCC. The molecule has 0 saturated carbocycles. The van der Waals surface area contributed by atoms with Crippen molar-refractivity contribution in [3.05, 3.63) is 0 Å². The first-order valence-electron chi connectivity index (χ1n) is 6.55. The van der Waals surface area contributed by atoms with Crippen LogP contribution in [0.15, 0.2) is 0 Å². The molecule has 4 atom stereocenters. The number of fused-ring (bicyclic) bond motifs is 1. The monoisotopic (exact) mass is 290 g/mol. The van der Waals surface area contributed by atoms with Gasteiger partial charge in [-0.1, -0.05) is 0 Å². The molecule has 0 amide bonds. The first-order valence-corrected chi connectivity index (χ1v) is 6.55. The molecule has 0 aliphatic carbocycles. The van der Waals surface area contributed by atoms with Crippen molar-refractivity contribution in [3.63, 3.8) is 0 Å². The van der Waals surface area contributed by atoms with E-state index >= 15 is 0 Å². The highest BCUT2D eigenvalue weighted by Gasteiger charge is 2.51. The fourth-order valence-corrected chi connectivity index (χ4v) is 2.18. The van der Waals surface area contributed by atoms with Gasteiger partial charge < -0.3 is 28.4 Å². The lowest BCUT2D eigenvalue weighted by molar-refractivity contribution is -0.0407. The van der Waals surface area contributed by atoms with Crippen LogP contribution in [0.2, 0.25) is 0 Å². The van der Waals surface area contributed by atoms with E-state index < -0.39 is 36.7 Å². The van der Waals surface area contributed by atoms with Crippen molar-refractivity contribution in [1.29, 1.82) is 0 Å². The zero-order chi connectivity index (χ0) is 14.5. The Hall–Kier alpha value is -1.54. The van der Waals surface area contributed by atoms with Gasteiger partial charge in [0.2, 0.25) is 0 Å². The second kappa shape index (κ2) is 6.76. The topological polar surface area (TPSA) is 89.5 Å². The van der Waals surface area contributed by atoms with Crippen molar-refractivity contribution < 1.29 is 38.0 Å². The molecule has 0 aromatic rings. The van der Waals surface area contributed by atoms with E-state index in [-0.39, 0.29) is 26.4 Å². The van der Waals surface area contributed by atoms with Crippen molar-refractivity contribution >= 4 is 12.3 Å². The molecule has 2 heterocycles. The Bertz CT molecular complexity index is 323. The van der Waals surface area contributed by atoms with Gasteiger partial charge in [-0.05, 0) is 13.8 Å². The van der Waals surface area contributed by atoms with Gasteiger partial charge in [-0.3, -0.25) is 0 Å². The van der Waals surface area contributed by atoms with Crippen molar-refractivity contribution in [3.8, 4) is 0 Å². The lowest BCUT2D eigenvalue weighted by Crippen LogP contribution is -2.36. The minimum atomic E-state index is -0.764. The minimum Gasteiger partial charge on any atom is -0.435 e. The van der Waals surface area contributed by atoms with E-state index in [9.17, 15) is 9.59 Å². The van der Waals surface area contributed by atoms with Gasteiger partial charge >= 0.3 is 12.3 Å². The molecule has 8 heteroatoms. The molecular formula is C12H18O8. The van der Waals surface area contributed by atoms with Crippen molar-refractivity contribution in [2.24, 2.45) is 0 Å². The predicted octanol–water partition coefficient (Wildman–Crippen LogP) is 0.867. The molecule has 0 aromatic heterocycles. The van der Waals surface area contributed by atoms with Crippen LogP contribution in [0.25, 0.3) is 0 Å². The summed E-state index contributed by atoms with van der Waals surface area (Å²) in [6.07, 6.45) is -3.57. The Morgan fingerprint density at radius 2 is 1.30 bits per heavy atom. The highest BCUT2D eigenvalue weighted by Crippen LogP contribution is 2.30. The van der Waals surface area contributed by atoms with Gasteiger partial charge in [0.25, 0.3) is 0 Å². The van der Waals surface area contributed by atoms with Gasteiger partial charge in [-0.25, -0.2) is 9.59 Å². The lowest BCUT2D eigenvalue weighted by atomic mass is 10.1. The van der Waals surface area contributed by atoms with E-state index in [1.54, 1.807) is 13.8 Å². The van der Waals surface area contributed by atoms with Gasteiger partial charge in [0.15, 0.2) is 12.2 Å². The Labute approximate surface area is 116 Å². The standard InChI is InChI=1S/C12H18O8/c1-3-15-11(13)19-7-5-17-10-8(6-18-9(7)10)20-12(14)16-4-2/h7-10H,3-6H2,1-2H3/t7-,8+,9-,10-/m1/s1. The first kappa shape index (κ1) is 14.9. The predicted molar refractivity (Wildman–Crippen MR) is 63.3 cm³/mol. The fraction of sp³-hybridized carbons (Fsp3) is 0.833. The normalized spacial score (nSPS) is 31.5. The van der Waals surface area contributed by atoms with E-state index in [1.165, 1.54) is 0 Å². The molecule has 20 heavy (non-hydrogen) atoms. The molecule has 0 unspecified atom stereocenters. The summed E-state index contributed by atoms with van der Waals surface area (Å²) in [5.74, 6) is 0. The average molecular weight is 290 g/mol. The Kier molecular flexibility index (Phi) is 5.02. The molecule has 0 N–H and O–H groups in total. The van der Waals surface area contributed by atoms with E-state index in [1.807, 2.05) is 0 Å². The van der Waals surface area contributed by atoms with Gasteiger partial charge in [0.05, 0.1) is 26.4 Å². The van der Waals surface area contributed by atoms with Crippen LogP contribution in [0.5, 0.6) is 0 Å². The number of ether oxygens (including phenoxy) is 6. The third kappa shape index (κ3) is 3.31. The maximum atomic E-state index is 11.3. The van der Waals surface area contributed by atoms with E-state index in [0.29, 0.717) is 0 Å². The second-order valence-corrected chi connectivity index (χ2v) is 4.27. The summed E-state index contributed by atoms with van der Waals surface area (Å²) in [6.45, 7) is 4.19. The number of rotatable bonds is 4. The van der Waals surface area contributed by atoms with Crippen LogP contribution in [0.4, 0.5) is 9.59 Å². The third-order valence-electron chi connectivity index (χ3n) is 2.98. The highest BCUT2D eigenvalue weighted by molar-refractivity contribution is 5.60. The molecule has 2 aliphatic rings. The summed E-state index contributed by atoms with van der Waals surface area (Å²) in [7, 11) is 0. The molecule has 0 bridgehead atoms. The van der Waals surface area contributed by atoms with Gasteiger partial charge in [0.1, 0.15) is 12.2 Å². The number of hydrogen-bond donors (Lipinski definition) is 0. The largest absolute Gasteiger partial charge is 0.508 e. The van der Waals surface area contributed by atoms with Crippen LogP contribution < -0.4 is 0 Å². The van der Waals surface area contributed by atoms with Gasteiger partial charge in [-0.2, -0.15) is 0 Å². The van der Waals surface area contributed by atoms with Crippen molar-refractivity contribution in [2.75, 3.05) is 26.4 Å². The van der Waals surface area contributed by atoms with Gasteiger partial charge in [-0.15, -0.1) is 0 Å². The Morgan fingerprint density at radius 1 is 0.900 bits per heavy atom. The maximum Gasteiger partial charge on any atom is 0.508 e. The van der Waals surface area contributed by atoms with E-state index in [2.05, 4.69) is 0 Å². The quantitative estimate of drug-likeness (QED) is 0.704. The molecule has 2 fully saturated rings. The van der Waals surface area contributed by atoms with Gasteiger partial charge in [0, 0.05) is 0 Å². The summed E-state index contributed by atoms with van der Waals surface area (Å²) >= 11 is 0. The van der Waals surface area contributed by atoms with Crippen LogP contribution in [0.3, 0.4) is 0 Å². The van der Waals surface area contributed by atoms with E-state index in [4.69, 9.17) is 28.4 Å². The molecule has 2 saturated heterocycles. The maximum absolute atomic E-state index is 11.3. The second-order valence-electron chi connectivity index (χ2n) is 4.27. The Balaban J connectivity index is 1.84. The number of carbonyl (C=O) groups is 2. The summed E-state index contributed by atoms with van der Waals surface area (Å²) in [6, 6.07) is 0. The molecule has 0 radical (unpaired) electrons. The minimum absolute atomic E-state index is 0.177. The lowest BCUT2D eigenvalue weighted by Gasteiger charge is -2.16. The van der Waals surface area contributed by atoms with Crippen LogP contribution in [0, 0.1) is 0 Å². The molecule has 2 aliphatic heterocycles. The summed E-state index contributed by atoms with van der Waals surface area (Å²) in [5, 5.41) is 0. The van der Waals surface area contributed by atoms with E-state index in [0.717, 1.165) is 0 Å². The molecule has 0 aromatic carbocycles. The first-order chi connectivity index (χ1) is 9.65. The van der Waals surface area contributed by atoms with Crippen LogP contribution in [-0.4, -0.2) is 63.2 Å². The molecule has 114 valence electrons. The highest BCUT2D eigenvalue weighted by atomic mass is 16.8. The number of carbonyl (C=O) groups excluding carboxylic acids is 2. The van der Waals surface area contributed by atoms with Crippen molar-refractivity contribution in [2.45, 2.75) is 38.3 Å². The van der Waals surface area contributed by atoms with Crippen molar-refractivity contribution in [1.82, 2.24) is 0 Å². The number of hydrogen-bond acceptors (Lipinski definition) is 8. The molecular weight excluding hydrogens is 272 g/mol. The zero-order valence-electron chi connectivity index (χ0n) is 11.4. The Morgan fingerprint density at radius 3 is 1.65 bits per heavy atom. The summed E-state index contributed by atoms with van der Waals surface area (Å²) in [5.41, 5.74) is 0. The summed E-state index contributed by atoms with van der Waals surface area (Å²) in [4.78, 5) is 22.5. The van der Waals surface area contributed by atoms with Crippen LogP contribution in [0.1, 0.15) is 13.8 Å². The smallest absolute Gasteiger partial charge is 0.435 e. The molecule has 0 spiro atoms. The molecule has 8 nitrogen and oxygen atoms in total. The van der Waals surface area contributed by atoms with Crippen LogP contribution in [-0.2, 0) is 28.4 Å². The average Bonchev–Trinajstić information content (AvgIpc) is 2.95. The fourth-order valence-electron chi connectivity index (χ4n) is 2.18.